The Morgan fingerprint density at radius 1 is 0.720 bits per heavy atom. The van der Waals surface area contributed by atoms with E-state index >= 15 is 0 Å². The molecule has 7 atom stereocenters. The maximum atomic E-state index is 14.6. The molecule has 5 aromatic rings. The average molecular weight is 1060 g/mol. The molecule has 22 heteroatoms. The first kappa shape index (κ1) is 55.8. The molecule has 75 heavy (non-hydrogen) atoms. The first-order valence-electron chi connectivity index (χ1n) is 25.3. The van der Waals surface area contributed by atoms with Gasteiger partial charge in [0.15, 0.2) is 0 Å². The summed E-state index contributed by atoms with van der Waals surface area (Å²) >= 11 is 1.07. The number of carbonyl (C=O) groups is 6. The zero-order chi connectivity index (χ0) is 54.1. The monoisotopic (exact) mass is 1060 g/mol. The fourth-order valence-electron chi connectivity index (χ4n) is 9.89. The van der Waals surface area contributed by atoms with Crippen molar-refractivity contribution in [1.29, 1.82) is 0 Å². The molecule has 0 aliphatic carbocycles. The lowest BCUT2D eigenvalue weighted by Gasteiger charge is -2.41. The second-order valence-corrected chi connectivity index (χ2v) is 21.5. The van der Waals surface area contributed by atoms with Gasteiger partial charge in [0.25, 0.3) is 5.91 Å². The van der Waals surface area contributed by atoms with Crippen molar-refractivity contribution < 1.29 is 46.3 Å². The van der Waals surface area contributed by atoms with Gasteiger partial charge in [0.2, 0.25) is 29.5 Å². The van der Waals surface area contributed by atoms with E-state index in [-0.39, 0.29) is 88.1 Å². The van der Waals surface area contributed by atoms with Crippen LogP contribution in [0.3, 0.4) is 0 Å². The van der Waals surface area contributed by atoms with E-state index < -0.39 is 76.5 Å². The summed E-state index contributed by atoms with van der Waals surface area (Å²) in [5, 5.41) is 11.2. The van der Waals surface area contributed by atoms with Crippen LogP contribution in [-0.2, 0) is 24.0 Å². The van der Waals surface area contributed by atoms with E-state index in [1.54, 1.807) is 23.6 Å². The molecule has 1 unspecified atom stereocenters. The van der Waals surface area contributed by atoms with Crippen LogP contribution in [0.5, 0.6) is 0 Å². The Balaban J connectivity index is 0.963. The topological polar surface area (TPSA) is 227 Å². The van der Waals surface area contributed by atoms with Crippen LogP contribution in [0.15, 0.2) is 60.5 Å². The number of nitrogens with zero attached hydrogens (tertiary/aromatic N) is 5. The molecular weight excluding hydrogens is 995 g/mol. The van der Waals surface area contributed by atoms with Crippen LogP contribution in [-0.4, -0.2) is 107 Å². The van der Waals surface area contributed by atoms with Gasteiger partial charge in [0.1, 0.15) is 51.9 Å². The summed E-state index contributed by atoms with van der Waals surface area (Å²) in [6.07, 6.45) is 8.65. The molecule has 17 nitrogen and oxygen atoms in total. The van der Waals surface area contributed by atoms with Crippen molar-refractivity contribution >= 4 is 46.8 Å². The van der Waals surface area contributed by atoms with Crippen molar-refractivity contribution in [2.75, 3.05) is 13.1 Å². The number of thiazole rings is 1. The summed E-state index contributed by atoms with van der Waals surface area (Å²) in [4.78, 5) is 105. The van der Waals surface area contributed by atoms with Crippen molar-refractivity contribution in [1.82, 2.24) is 56.0 Å². The van der Waals surface area contributed by atoms with Crippen LogP contribution in [0.2, 0.25) is 0 Å². The highest BCUT2D eigenvalue weighted by Gasteiger charge is 2.37. The van der Waals surface area contributed by atoms with E-state index in [1.165, 1.54) is 36.2 Å². The minimum atomic E-state index is -1.30. The molecule has 2 saturated heterocycles. The molecule has 402 valence electrons. The fraction of sp³-hybridized carbons (Fsp3) is 0.491. The molecule has 7 rings (SSSR count). The summed E-state index contributed by atoms with van der Waals surface area (Å²) in [5.74, 6) is -5.39. The summed E-state index contributed by atoms with van der Waals surface area (Å²) in [5.41, 5.74) is 1.75. The number of amides is 6. The number of carbonyl (C=O) groups excluding carboxylic acids is 6. The van der Waals surface area contributed by atoms with Gasteiger partial charge in [0.05, 0.1) is 60.4 Å². The van der Waals surface area contributed by atoms with Crippen molar-refractivity contribution in [3.63, 3.8) is 0 Å². The van der Waals surface area contributed by atoms with Crippen molar-refractivity contribution in [2.24, 2.45) is 11.3 Å². The lowest BCUT2D eigenvalue weighted by molar-refractivity contribution is -0.139. The standard InChI is InChI=1S/C53H65F4N11O6S/c1-29-9-7-8-18-67(29)46(70)21-40(50(72)61-31(3)48-59-24-42(64-48)36-14-12-34(54)19-38(36)56)63-45(69)16-17-53(5,6)23-33-11-10-30(2)68(27-33)47(71)22-41(66-52(74)44-26-58-28-75-44)51(73)62-32(4)49-60-25-43(65-49)37-15-13-35(55)20-39(37)57/h12-15,19-20,24-26,28-33,40-41H,7-11,16-18,21-23,27H2,1-6H3,(H,59,64)(H,60,65)(H,61,72)(H,62,73)(H,63,69)(H,66,74)/t29-,30-,31-,32-,33?,40-,41-/m0/s1. The third-order valence-corrected chi connectivity index (χ3v) is 14.9. The molecule has 0 bridgehead atoms. The molecule has 6 N–H and O–H groups in total. The van der Waals surface area contributed by atoms with Crippen molar-refractivity contribution in [3.05, 3.63) is 100 Å². The smallest absolute Gasteiger partial charge is 0.263 e. The lowest BCUT2D eigenvalue weighted by Crippen LogP contribution is -2.52. The Morgan fingerprint density at radius 3 is 1.80 bits per heavy atom. The third-order valence-electron chi connectivity index (χ3n) is 14.2. The molecule has 0 spiro atoms. The number of imidazole rings is 2. The molecule has 5 heterocycles. The molecule has 6 amide bonds. The molecule has 2 aliphatic rings. The number of aromatic amines is 2. The summed E-state index contributed by atoms with van der Waals surface area (Å²) in [7, 11) is 0. The zero-order valence-electron chi connectivity index (χ0n) is 42.9. The highest BCUT2D eigenvalue weighted by atomic mass is 32.1. The summed E-state index contributed by atoms with van der Waals surface area (Å²) < 4.78 is 56.3. The van der Waals surface area contributed by atoms with Gasteiger partial charge < -0.3 is 41.0 Å². The van der Waals surface area contributed by atoms with E-state index in [2.05, 4.69) is 46.2 Å². The van der Waals surface area contributed by atoms with Gasteiger partial charge in [-0.05, 0) is 108 Å². The number of H-pyrrole nitrogens is 2. The number of aromatic nitrogens is 5. The maximum Gasteiger partial charge on any atom is 0.263 e. The van der Waals surface area contributed by atoms with Crippen LogP contribution in [0.1, 0.15) is 139 Å². The maximum absolute atomic E-state index is 14.6. The molecule has 2 fully saturated rings. The number of hydrogen-bond acceptors (Lipinski definition) is 10. The van der Waals surface area contributed by atoms with Gasteiger partial charge in [-0.3, -0.25) is 33.8 Å². The van der Waals surface area contributed by atoms with E-state index in [1.807, 2.05) is 27.7 Å². The lowest BCUT2D eigenvalue weighted by atomic mass is 9.76. The molecule has 0 radical (unpaired) electrons. The van der Waals surface area contributed by atoms with Crippen LogP contribution in [0, 0.1) is 34.6 Å². The predicted octanol–water partition coefficient (Wildman–Crippen LogP) is 7.82. The Labute approximate surface area is 436 Å². The normalized spacial score (nSPS) is 18.6. The fourth-order valence-corrected chi connectivity index (χ4v) is 10.4. The van der Waals surface area contributed by atoms with Gasteiger partial charge in [0, 0.05) is 54.9 Å². The largest absolute Gasteiger partial charge is 0.345 e. The van der Waals surface area contributed by atoms with Gasteiger partial charge in [-0.2, -0.15) is 0 Å². The molecule has 2 aromatic carbocycles. The average Bonchev–Trinajstić information content (AvgIpc) is 4.18. The Morgan fingerprint density at radius 2 is 1.27 bits per heavy atom. The summed E-state index contributed by atoms with van der Waals surface area (Å²) in [6, 6.07) is 2.06. The summed E-state index contributed by atoms with van der Waals surface area (Å²) in [6.45, 7) is 12.1. The van der Waals surface area contributed by atoms with Gasteiger partial charge in [-0.1, -0.05) is 13.8 Å². The van der Waals surface area contributed by atoms with E-state index in [0.717, 1.165) is 61.3 Å². The van der Waals surface area contributed by atoms with Crippen LogP contribution < -0.4 is 21.3 Å². The first-order valence-corrected chi connectivity index (χ1v) is 26.2. The zero-order valence-corrected chi connectivity index (χ0v) is 43.7. The van der Waals surface area contributed by atoms with Crippen molar-refractivity contribution in [2.45, 2.75) is 142 Å². The quantitative estimate of drug-likeness (QED) is 0.0417. The van der Waals surface area contributed by atoms with Gasteiger partial charge >= 0.3 is 0 Å². The minimum absolute atomic E-state index is 0.0206. The molecular formula is C53H65F4N11O6S. The minimum Gasteiger partial charge on any atom is -0.345 e. The Hall–Kier alpha value is -6.97. The van der Waals surface area contributed by atoms with Crippen LogP contribution in [0.4, 0.5) is 17.6 Å². The Kier molecular flexibility index (Phi) is 18.3. The highest BCUT2D eigenvalue weighted by Crippen LogP contribution is 2.36. The van der Waals surface area contributed by atoms with Gasteiger partial charge in [-0.15, -0.1) is 11.3 Å². The van der Waals surface area contributed by atoms with E-state index in [4.69, 9.17) is 0 Å². The number of likely N-dealkylation sites (tertiary alicyclic amines) is 2. The van der Waals surface area contributed by atoms with Gasteiger partial charge in [-0.25, -0.2) is 27.5 Å². The number of nitrogens with one attached hydrogen (secondary N) is 6. The highest BCUT2D eigenvalue weighted by molar-refractivity contribution is 7.11. The van der Waals surface area contributed by atoms with Crippen molar-refractivity contribution in [3.8, 4) is 22.5 Å². The van der Waals surface area contributed by atoms with E-state index in [9.17, 15) is 46.3 Å². The number of halogens is 4. The first-order chi connectivity index (χ1) is 35.6. The second kappa shape index (κ2) is 24.6. The number of piperidine rings is 2. The van der Waals surface area contributed by atoms with E-state index in [0.29, 0.717) is 32.4 Å². The molecule has 2 aliphatic heterocycles. The Bertz CT molecular complexity index is 2840. The van der Waals surface area contributed by atoms with Crippen LogP contribution >= 0.6 is 11.3 Å². The molecule has 3 aromatic heterocycles. The SMILES string of the molecule is C[C@H](NC(=O)[C@H](CC(=O)N1CCCC[C@@H]1C)NC(=O)CCC(C)(C)CC1CC[C@H](C)N(C(=O)C[C@H](NC(=O)c2cncs2)C(=O)N[C@@H](C)c2ncc(-c3ccc(F)cc3F)[nH]2)C1)c1ncc(-c2ccc(F)cc2F)[nH]1. The second-order valence-electron chi connectivity index (χ2n) is 20.6. The molecule has 0 saturated carbocycles. The third kappa shape index (κ3) is 14.7. The van der Waals surface area contributed by atoms with Crippen LogP contribution in [0.25, 0.3) is 22.5 Å². The predicted molar refractivity (Wildman–Crippen MR) is 272 cm³/mol. The number of benzene rings is 2. The number of hydrogen-bond donors (Lipinski definition) is 6. The number of rotatable bonds is 20.